The maximum Gasteiger partial charge on any atom is 0.0790 e. The molecular weight excluding hydrogens is 356 g/mol. The lowest BCUT2D eigenvalue weighted by Gasteiger charge is -2.26. The van der Waals surface area contributed by atoms with E-state index in [4.69, 9.17) is 23.2 Å². The van der Waals surface area contributed by atoms with Gasteiger partial charge in [-0.3, -0.25) is 0 Å². The second kappa shape index (κ2) is 7.54. The highest BCUT2D eigenvalue weighted by molar-refractivity contribution is 14.0. The van der Waals surface area contributed by atoms with Crippen molar-refractivity contribution in [1.82, 2.24) is 4.90 Å². The van der Waals surface area contributed by atoms with Gasteiger partial charge in [0.15, 0.2) is 0 Å². The van der Waals surface area contributed by atoms with Crippen LogP contribution in [0.5, 0.6) is 0 Å². The quantitative estimate of drug-likeness (QED) is 0.432. The molecule has 4 heteroatoms. The van der Waals surface area contributed by atoms with Crippen molar-refractivity contribution in [2.75, 3.05) is 14.1 Å². The van der Waals surface area contributed by atoms with Gasteiger partial charge in [0.05, 0.1) is 5.38 Å². The van der Waals surface area contributed by atoms with E-state index in [0.717, 1.165) is 5.56 Å². The molecule has 0 radical (unpaired) electrons. The summed E-state index contributed by atoms with van der Waals surface area (Å²) in [5.74, 6) is 0. The summed E-state index contributed by atoms with van der Waals surface area (Å²) in [5.41, 5.74) is 0.944. The normalized spacial score (nSPS) is 14.1. The Labute approximate surface area is 124 Å². The van der Waals surface area contributed by atoms with E-state index in [1.807, 2.05) is 49.3 Å². The molecule has 0 aliphatic rings. The van der Waals surface area contributed by atoms with E-state index in [1.54, 1.807) is 0 Å². The van der Waals surface area contributed by atoms with Gasteiger partial charge in [-0.2, -0.15) is 0 Å². The lowest BCUT2D eigenvalue weighted by Crippen LogP contribution is -2.29. The number of likely N-dealkylation sites (N-methyl/N-ethyl adjacent to an activating group) is 1. The molecule has 90 valence electrons. The summed E-state index contributed by atoms with van der Waals surface area (Å²) in [5, 5.41) is 0.525. The molecule has 1 nitrogen and oxygen atoms in total. The maximum atomic E-state index is 6.38. The summed E-state index contributed by atoms with van der Waals surface area (Å²) >= 11 is 12.5. The van der Waals surface area contributed by atoms with Crippen LogP contribution in [0.25, 0.3) is 0 Å². The molecule has 0 N–H and O–H groups in total. The van der Waals surface area contributed by atoms with E-state index in [0.29, 0.717) is 5.02 Å². The van der Waals surface area contributed by atoms with Crippen LogP contribution in [0.15, 0.2) is 36.9 Å². The number of alkyl halides is 1. The summed E-state index contributed by atoms with van der Waals surface area (Å²) in [4.78, 5) is 2.02. The standard InChI is InChI=1S/C12H15Cl2N.HI/c1-4-11(15(2)3)12(14)9-7-5-6-8-10(9)13;/h4-8,11-12H,1H2,2-3H3;1H. The van der Waals surface area contributed by atoms with Gasteiger partial charge < -0.3 is 4.90 Å². The number of nitrogens with zero attached hydrogens (tertiary/aromatic N) is 1. The second-order valence-electron chi connectivity index (χ2n) is 3.61. The largest absolute Gasteiger partial charge is 0.301 e. The molecule has 16 heavy (non-hydrogen) atoms. The van der Waals surface area contributed by atoms with Crippen LogP contribution in [0.4, 0.5) is 0 Å². The fourth-order valence-electron chi connectivity index (χ4n) is 1.47. The molecule has 0 aliphatic carbocycles. The van der Waals surface area contributed by atoms with Gasteiger partial charge in [-0.25, -0.2) is 0 Å². The average Bonchev–Trinajstić information content (AvgIpc) is 2.18. The molecule has 0 spiro atoms. The molecule has 1 rings (SSSR count). The molecule has 1 aromatic rings. The molecule has 0 saturated heterocycles. The Morgan fingerprint density at radius 1 is 1.31 bits per heavy atom. The van der Waals surface area contributed by atoms with Crippen molar-refractivity contribution in [2.24, 2.45) is 0 Å². The number of hydrogen-bond acceptors (Lipinski definition) is 1. The molecule has 2 unspecified atom stereocenters. The highest BCUT2D eigenvalue weighted by Gasteiger charge is 2.21. The first-order valence-electron chi connectivity index (χ1n) is 4.75. The van der Waals surface area contributed by atoms with Gasteiger partial charge in [0.2, 0.25) is 0 Å². The molecule has 0 heterocycles. The van der Waals surface area contributed by atoms with Crippen LogP contribution in [0.2, 0.25) is 5.02 Å². The topological polar surface area (TPSA) is 3.24 Å². The third kappa shape index (κ3) is 3.91. The van der Waals surface area contributed by atoms with E-state index < -0.39 is 0 Å². The van der Waals surface area contributed by atoms with Crippen LogP contribution in [0.1, 0.15) is 10.9 Å². The van der Waals surface area contributed by atoms with E-state index in [-0.39, 0.29) is 35.4 Å². The highest BCUT2D eigenvalue weighted by atomic mass is 127. The van der Waals surface area contributed by atoms with E-state index in [9.17, 15) is 0 Å². The molecule has 0 saturated carbocycles. The minimum Gasteiger partial charge on any atom is -0.301 e. The fourth-order valence-corrected chi connectivity index (χ4v) is 2.30. The third-order valence-corrected chi connectivity index (χ3v) is 3.18. The summed E-state index contributed by atoms with van der Waals surface area (Å²) in [6.07, 6.45) is 1.83. The molecular formula is C12H16Cl2IN. The zero-order valence-corrected chi connectivity index (χ0v) is 13.2. The summed E-state index contributed by atoms with van der Waals surface area (Å²) in [7, 11) is 3.94. The number of hydrogen-bond donors (Lipinski definition) is 0. The van der Waals surface area contributed by atoms with Gasteiger partial charge in [-0.15, -0.1) is 42.2 Å². The smallest absolute Gasteiger partial charge is 0.0790 e. The van der Waals surface area contributed by atoms with Gasteiger partial charge in [-0.05, 0) is 25.7 Å². The Morgan fingerprint density at radius 3 is 2.31 bits per heavy atom. The van der Waals surface area contributed by atoms with Crippen LogP contribution in [-0.2, 0) is 0 Å². The first-order chi connectivity index (χ1) is 7.07. The Balaban J connectivity index is 0.00000225. The molecule has 0 aliphatic heterocycles. The van der Waals surface area contributed by atoms with Crippen LogP contribution in [-0.4, -0.2) is 25.0 Å². The summed E-state index contributed by atoms with van der Waals surface area (Å²) in [6, 6.07) is 7.70. The Morgan fingerprint density at radius 2 is 1.88 bits per heavy atom. The van der Waals surface area contributed by atoms with E-state index in [1.165, 1.54) is 0 Å². The third-order valence-electron chi connectivity index (χ3n) is 2.34. The van der Waals surface area contributed by atoms with Crippen molar-refractivity contribution in [3.8, 4) is 0 Å². The number of halogens is 3. The highest BCUT2D eigenvalue weighted by Crippen LogP contribution is 2.32. The summed E-state index contributed by atoms with van der Waals surface area (Å²) < 4.78 is 0. The monoisotopic (exact) mass is 371 g/mol. The first kappa shape index (κ1) is 16.2. The van der Waals surface area contributed by atoms with Crippen LogP contribution in [0, 0.1) is 0 Å². The van der Waals surface area contributed by atoms with Gasteiger partial charge in [0, 0.05) is 11.1 Å². The second-order valence-corrected chi connectivity index (χ2v) is 4.49. The van der Waals surface area contributed by atoms with Gasteiger partial charge in [-0.1, -0.05) is 35.9 Å². The molecule has 2 atom stereocenters. The number of rotatable bonds is 4. The van der Waals surface area contributed by atoms with Crippen molar-refractivity contribution < 1.29 is 0 Å². The SMILES string of the molecule is C=CC(C(Cl)c1ccccc1Cl)N(C)C.I. The molecule has 1 aromatic carbocycles. The lowest BCUT2D eigenvalue weighted by atomic mass is 10.0. The van der Waals surface area contributed by atoms with Gasteiger partial charge >= 0.3 is 0 Å². The zero-order valence-electron chi connectivity index (χ0n) is 9.36. The summed E-state index contributed by atoms with van der Waals surface area (Å²) in [6.45, 7) is 3.79. The zero-order chi connectivity index (χ0) is 11.4. The van der Waals surface area contributed by atoms with Crippen molar-refractivity contribution >= 4 is 47.2 Å². The van der Waals surface area contributed by atoms with Crippen molar-refractivity contribution in [3.63, 3.8) is 0 Å². The van der Waals surface area contributed by atoms with E-state index in [2.05, 4.69) is 6.58 Å². The van der Waals surface area contributed by atoms with E-state index >= 15 is 0 Å². The fraction of sp³-hybridized carbons (Fsp3) is 0.333. The lowest BCUT2D eigenvalue weighted by molar-refractivity contribution is 0.335. The Hall–Kier alpha value is 0.230. The molecule has 0 bridgehead atoms. The molecule has 0 aromatic heterocycles. The number of benzene rings is 1. The first-order valence-corrected chi connectivity index (χ1v) is 5.57. The predicted octanol–water partition coefficient (Wildman–Crippen LogP) is 4.35. The van der Waals surface area contributed by atoms with Crippen LogP contribution in [0.3, 0.4) is 0 Å². The molecule has 0 fully saturated rings. The molecule has 0 amide bonds. The van der Waals surface area contributed by atoms with Crippen LogP contribution >= 0.6 is 47.2 Å². The predicted molar refractivity (Wildman–Crippen MR) is 83.1 cm³/mol. The Bertz CT molecular complexity index is 342. The minimum absolute atomic E-state index is 0. The van der Waals surface area contributed by atoms with Crippen molar-refractivity contribution in [2.45, 2.75) is 11.4 Å². The van der Waals surface area contributed by atoms with Gasteiger partial charge in [0.1, 0.15) is 0 Å². The Kier molecular flexibility index (Phi) is 7.64. The maximum absolute atomic E-state index is 6.38. The van der Waals surface area contributed by atoms with Crippen molar-refractivity contribution in [3.05, 3.63) is 47.5 Å². The average molecular weight is 372 g/mol. The van der Waals surface area contributed by atoms with Gasteiger partial charge in [0.25, 0.3) is 0 Å². The van der Waals surface area contributed by atoms with Crippen molar-refractivity contribution in [1.29, 1.82) is 0 Å². The minimum atomic E-state index is -0.175. The van der Waals surface area contributed by atoms with Crippen LogP contribution < -0.4 is 0 Å².